The highest BCUT2D eigenvalue weighted by molar-refractivity contribution is 5.25. The maximum atomic E-state index is 6.10. The molecule has 1 saturated carbocycles. The van der Waals surface area contributed by atoms with Crippen LogP contribution in [-0.4, -0.2) is 17.6 Å². The van der Waals surface area contributed by atoms with Crippen molar-refractivity contribution < 1.29 is 4.74 Å². The second-order valence-corrected chi connectivity index (χ2v) is 5.99. The number of ether oxygens (including phenoxy) is 1. The van der Waals surface area contributed by atoms with Gasteiger partial charge in [-0.05, 0) is 50.6 Å². The molecule has 1 fully saturated rings. The predicted molar refractivity (Wildman–Crippen MR) is 83.0 cm³/mol. The average molecular weight is 276 g/mol. The van der Waals surface area contributed by atoms with Crippen molar-refractivity contribution >= 4 is 0 Å². The molecule has 112 valence electrons. The summed E-state index contributed by atoms with van der Waals surface area (Å²) < 4.78 is 6.10. The van der Waals surface area contributed by atoms with Gasteiger partial charge in [0.15, 0.2) is 0 Å². The van der Waals surface area contributed by atoms with Gasteiger partial charge in [-0.1, -0.05) is 26.3 Å². The number of aromatic nitrogens is 1. The van der Waals surface area contributed by atoms with E-state index < -0.39 is 0 Å². The minimum absolute atomic E-state index is 0.347. The zero-order valence-corrected chi connectivity index (χ0v) is 13.1. The lowest BCUT2D eigenvalue weighted by Gasteiger charge is -2.29. The smallest absolute Gasteiger partial charge is 0.213 e. The van der Waals surface area contributed by atoms with E-state index in [1.54, 1.807) is 0 Å². The molecular formula is C17H28N2O. The fraction of sp³-hybridized carbons (Fsp3) is 0.706. The van der Waals surface area contributed by atoms with E-state index in [0.29, 0.717) is 12.0 Å². The Hall–Kier alpha value is -1.09. The van der Waals surface area contributed by atoms with E-state index in [-0.39, 0.29) is 0 Å². The zero-order chi connectivity index (χ0) is 14.4. The van der Waals surface area contributed by atoms with Crippen LogP contribution in [-0.2, 0) is 6.54 Å². The molecule has 3 heteroatoms. The van der Waals surface area contributed by atoms with E-state index >= 15 is 0 Å². The van der Waals surface area contributed by atoms with Crippen LogP contribution in [0, 0.1) is 12.8 Å². The molecule has 0 bridgehead atoms. The largest absolute Gasteiger partial charge is 0.474 e. The third-order valence-corrected chi connectivity index (χ3v) is 4.22. The van der Waals surface area contributed by atoms with E-state index in [4.69, 9.17) is 4.74 Å². The average Bonchev–Trinajstić information content (AvgIpc) is 2.44. The van der Waals surface area contributed by atoms with Crippen molar-refractivity contribution in [3.8, 4) is 5.88 Å². The monoisotopic (exact) mass is 276 g/mol. The van der Waals surface area contributed by atoms with Crippen LogP contribution < -0.4 is 10.1 Å². The summed E-state index contributed by atoms with van der Waals surface area (Å²) in [6.45, 7) is 8.49. The number of rotatable bonds is 6. The first-order chi connectivity index (χ1) is 9.70. The summed E-state index contributed by atoms with van der Waals surface area (Å²) in [7, 11) is 0. The van der Waals surface area contributed by atoms with Gasteiger partial charge in [0, 0.05) is 18.3 Å². The molecule has 0 spiro atoms. The van der Waals surface area contributed by atoms with Gasteiger partial charge < -0.3 is 10.1 Å². The topological polar surface area (TPSA) is 34.1 Å². The van der Waals surface area contributed by atoms with Crippen LogP contribution in [0.15, 0.2) is 12.1 Å². The number of hydrogen-bond acceptors (Lipinski definition) is 3. The van der Waals surface area contributed by atoms with Crippen LogP contribution in [0.5, 0.6) is 5.88 Å². The molecular weight excluding hydrogens is 248 g/mol. The molecule has 1 aromatic rings. The molecule has 2 atom stereocenters. The summed E-state index contributed by atoms with van der Waals surface area (Å²) in [6.07, 6.45) is 6.58. The molecule has 2 unspecified atom stereocenters. The van der Waals surface area contributed by atoms with Crippen LogP contribution in [0.3, 0.4) is 0 Å². The van der Waals surface area contributed by atoms with Gasteiger partial charge in [0.25, 0.3) is 0 Å². The first kappa shape index (κ1) is 15.3. The molecule has 3 nitrogen and oxygen atoms in total. The van der Waals surface area contributed by atoms with E-state index in [1.807, 2.05) is 6.07 Å². The van der Waals surface area contributed by atoms with Crippen LogP contribution in [0.1, 0.15) is 57.2 Å². The van der Waals surface area contributed by atoms with Crippen LogP contribution in [0.25, 0.3) is 0 Å². The zero-order valence-electron chi connectivity index (χ0n) is 13.1. The summed E-state index contributed by atoms with van der Waals surface area (Å²) in [5.74, 6) is 1.44. The molecule has 0 aromatic carbocycles. The predicted octanol–water partition coefficient (Wildman–Crippen LogP) is 3.85. The van der Waals surface area contributed by atoms with Crippen LogP contribution in [0.2, 0.25) is 0 Å². The maximum Gasteiger partial charge on any atom is 0.213 e. The fourth-order valence-corrected chi connectivity index (χ4v) is 2.83. The lowest BCUT2D eigenvalue weighted by Crippen LogP contribution is -2.28. The molecule has 2 rings (SSSR count). The molecule has 1 aliphatic rings. The Bertz CT molecular complexity index is 419. The van der Waals surface area contributed by atoms with E-state index in [2.05, 4.69) is 37.1 Å². The molecule has 1 aliphatic carbocycles. The van der Waals surface area contributed by atoms with Gasteiger partial charge in [-0.3, -0.25) is 0 Å². The first-order valence-electron chi connectivity index (χ1n) is 8.04. The maximum absolute atomic E-state index is 6.10. The summed E-state index contributed by atoms with van der Waals surface area (Å²) in [4.78, 5) is 4.62. The van der Waals surface area contributed by atoms with Crippen LogP contribution in [0.4, 0.5) is 0 Å². The van der Waals surface area contributed by atoms with E-state index in [1.165, 1.54) is 31.2 Å². The third-order valence-electron chi connectivity index (χ3n) is 4.22. The highest BCUT2D eigenvalue weighted by Gasteiger charge is 2.23. The van der Waals surface area contributed by atoms with Crippen molar-refractivity contribution in [2.75, 3.05) is 6.54 Å². The Labute approximate surface area is 123 Å². The second kappa shape index (κ2) is 7.63. The van der Waals surface area contributed by atoms with E-state index in [0.717, 1.165) is 31.1 Å². The number of nitrogens with one attached hydrogen (secondary N) is 1. The number of nitrogens with zero attached hydrogens (tertiary/aromatic N) is 1. The first-order valence-corrected chi connectivity index (χ1v) is 8.04. The van der Waals surface area contributed by atoms with Crippen molar-refractivity contribution in [1.82, 2.24) is 10.3 Å². The SMILES string of the molecule is CCCNCc1ccc(OC2CCCCC2C)nc1C. The summed E-state index contributed by atoms with van der Waals surface area (Å²) >= 11 is 0. The Balaban J connectivity index is 1.94. The second-order valence-electron chi connectivity index (χ2n) is 5.99. The summed E-state index contributed by atoms with van der Waals surface area (Å²) in [5, 5.41) is 3.42. The highest BCUT2D eigenvalue weighted by atomic mass is 16.5. The van der Waals surface area contributed by atoms with Gasteiger partial charge in [-0.15, -0.1) is 0 Å². The molecule has 20 heavy (non-hydrogen) atoms. The minimum atomic E-state index is 0.347. The summed E-state index contributed by atoms with van der Waals surface area (Å²) in [6, 6.07) is 4.17. The van der Waals surface area contributed by atoms with Crippen molar-refractivity contribution in [3.05, 3.63) is 23.4 Å². The molecule has 1 heterocycles. The standard InChI is InChI=1S/C17H28N2O/c1-4-11-18-12-15-9-10-17(19-14(15)3)20-16-8-6-5-7-13(16)2/h9-10,13,16,18H,4-8,11-12H2,1-3H3. The molecule has 1 aromatic heterocycles. The van der Waals surface area contributed by atoms with Crippen molar-refractivity contribution in [1.29, 1.82) is 0 Å². The van der Waals surface area contributed by atoms with Gasteiger partial charge in [0.1, 0.15) is 6.10 Å². The van der Waals surface area contributed by atoms with Crippen LogP contribution >= 0.6 is 0 Å². The molecule has 0 radical (unpaired) electrons. The number of hydrogen-bond donors (Lipinski definition) is 1. The molecule has 0 aliphatic heterocycles. The lowest BCUT2D eigenvalue weighted by molar-refractivity contribution is 0.0974. The molecule has 0 saturated heterocycles. The van der Waals surface area contributed by atoms with Gasteiger partial charge in [-0.25, -0.2) is 4.98 Å². The Morgan fingerprint density at radius 1 is 1.30 bits per heavy atom. The lowest BCUT2D eigenvalue weighted by atomic mass is 9.88. The Morgan fingerprint density at radius 3 is 2.80 bits per heavy atom. The number of aryl methyl sites for hydroxylation is 1. The third kappa shape index (κ3) is 4.20. The quantitative estimate of drug-likeness (QED) is 0.801. The van der Waals surface area contributed by atoms with Gasteiger partial charge in [0.05, 0.1) is 0 Å². The van der Waals surface area contributed by atoms with Gasteiger partial charge in [0.2, 0.25) is 5.88 Å². The highest BCUT2D eigenvalue weighted by Crippen LogP contribution is 2.27. The van der Waals surface area contributed by atoms with Gasteiger partial charge in [-0.2, -0.15) is 0 Å². The Kier molecular flexibility index (Phi) is 5.84. The number of pyridine rings is 1. The molecule has 1 N–H and O–H groups in total. The normalized spacial score (nSPS) is 22.8. The summed E-state index contributed by atoms with van der Waals surface area (Å²) in [5.41, 5.74) is 2.34. The van der Waals surface area contributed by atoms with Crippen molar-refractivity contribution in [2.24, 2.45) is 5.92 Å². The van der Waals surface area contributed by atoms with Gasteiger partial charge >= 0.3 is 0 Å². The molecule has 0 amide bonds. The van der Waals surface area contributed by atoms with Crippen molar-refractivity contribution in [3.63, 3.8) is 0 Å². The van der Waals surface area contributed by atoms with Crippen molar-refractivity contribution in [2.45, 2.75) is 65.5 Å². The minimum Gasteiger partial charge on any atom is -0.474 e. The fourth-order valence-electron chi connectivity index (χ4n) is 2.83. The Morgan fingerprint density at radius 2 is 2.10 bits per heavy atom. The van der Waals surface area contributed by atoms with E-state index in [9.17, 15) is 0 Å².